The van der Waals surface area contributed by atoms with Crippen molar-refractivity contribution in [3.05, 3.63) is 63.6 Å². The van der Waals surface area contributed by atoms with E-state index in [1.165, 1.54) is 0 Å². The molecule has 1 amide bonds. The monoisotopic (exact) mass is 514 g/mol. The molecule has 2 aromatic carbocycles. The van der Waals surface area contributed by atoms with Crippen LogP contribution in [0, 0.1) is 0 Å². The molecule has 2 heterocycles. The summed E-state index contributed by atoms with van der Waals surface area (Å²) in [7, 11) is 0. The number of ketones is 1. The Bertz CT molecular complexity index is 1100. The largest absolute Gasteiger partial charge is 0.507 e. The number of amides is 1. The quantitative estimate of drug-likeness (QED) is 0.342. The zero-order valence-electron chi connectivity index (χ0n) is 18.7. The lowest BCUT2D eigenvalue weighted by Gasteiger charge is -2.28. The third kappa shape index (κ3) is 4.63. The molecule has 4 rings (SSSR count). The number of fused-ring (bicyclic) bond motifs is 1. The molecule has 0 aliphatic carbocycles. The molecule has 2 aromatic rings. The Morgan fingerprint density at radius 1 is 1.09 bits per heavy atom. The van der Waals surface area contributed by atoms with Crippen LogP contribution in [0.1, 0.15) is 31.0 Å². The molecule has 0 radical (unpaired) electrons. The molecule has 174 valence electrons. The van der Waals surface area contributed by atoms with Crippen LogP contribution in [0.25, 0.3) is 5.76 Å². The lowest BCUT2D eigenvalue weighted by atomic mass is 9.95. The molecule has 0 bridgehead atoms. The number of Topliss-reactive ketones (excluding diaryl/α,β-unsaturated/α-hetero) is 1. The summed E-state index contributed by atoms with van der Waals surface area (Å²) in [6.45, 7) is 7.69. The maximum absolute atomic E-state index is 13.2. The van der Waals surface area contributed by atoms with E-state index in [0.29, 0.717) is 43.4 Å². The Kier molecular flexibility index (Phi) is 7.05. The smallest absolute Gasteiger partial charge is 0.295 e. The van der Waals surface area contributed by atoms with E-state index >= 15 is 0 Å². The molecular weight excluding hydrogens is 488 g/mol. The fraction of sp³-hybridized carbons (Fsp3) is 0.360. The summed E-state index contributed by atoms with van der Waals surface area (Å²) in [6, 6.07) is 11.8. The molecule has 1 fully saturated rings. The number of carbonyl (C=O) groups is 2. The van der Waals surface area contributed by atoms with Gasteiger partial charge in [-0.3, -0.25) is 9.59 Å². The van der Waals surface area contributed by atoms with Gasteiger partial charge in [-0.05, 0) is 49.0 Å². The van der Waals surface area contributed by atoms with Gasteiger partial charge in [-0.1, -0.05) is 41.9 Å². The minimum Gasteiger partial charge on any atom is -0.507 e. The molecule has 1 saturated heterocycles. The lowest BCUT2D eigenvalue weighted by molar-refractivity contribution is -0.140. The number of aliphatic hydroxyl groups is 1. The molecule has 33 heavy (non-hydrogen) atoms. The first-order chi connectivity index (χ1) is 15.9. The normalized spacial score (nSPS) is 19.4. The summed E-state index contributed by atoms with van der Waals surface area (Å²) in [5.41, 5.74) is 1.23. The van der Waals surface area contributed by atoms with Gasteiger partial charge in [0, 0.05) is 23.1 Å². The molecule has 0 spiro atoms. The maximum atomic E-state index is 13.2. The van der Waals surface area contributed by atoms with Gasteiger partial charge in [0.25, 0.3) is 11.7 Å². The Hall–Kier alpha value is -2.84. The third-order valence-electron chi connectivity index (χ3n) is 6.07. The molecule has 0 saturated carbocycles. The zero-order valence-corrected chi connectivity index (χ0v) is 20.3. The topological polar surface area (TPSA) is 79.3 Å². The second-order valence-electron chi connectivity index (χ2n) is 7.93. The van der Waals surface area contributed by atoms with Crippen molar-refractivity contribution >= 4 is 33.4 Å². The first kappa shape index (κ1) is 23.3. The van der Waals surface area contributed by atoms with Gasteiger partial charge >= 0.3 is 0 Å². The van der Waals surface area contributed by atoms with E-state index in [1.54, 1.807) is 23.1 Å². The number of ether oxygens (including phenoxy) is 2. The summed E-state index contributed by atoms with van der Waals surface area (Å²) >= 11 is 3.48. The number of likely N-dealkylation sites (tertiary alicyclic amines) is 1. The van der Waals surface area contributed by atoms with E-state index in [4.69, 9.17) is 9.47 Å². The SMILES string of the molecule is CCN(CC)CCN1C(=O)C(=O)C(=C(O)c2ccc3c(c2)OCCO3)C1c1cccc(Br)c1. The molecule has 2 aliphatic rings. The number of halogens is 1. The van der Waals surface area contributed by atoms with Crippen molar-refractivity contribution in [2.45, 2.75) is 19.9 Å². The molecule has 1 N–H and O–H groups in total. The lowest BCUT2D eigenvalue weighted by Crippen LogP contribution is -2.38. The number of hydrogen-bond donors (Lipinski definition) is 1. The molecule has 8 heteroatoms. The van der Waals surface area contributed by atoms with E-state index in [1.807, 2.05) is 24.3 Å². The van der Waals surface area contributed by atoms with Crippen molar-refractivity contribution in [2.75, 3.05) is 39.4 Å². The van der Waals surface area contributed by atoms with Crippen LogP contribution in [0.5, 0.6) is 11.5 Å². The molecule has 0 aromatic heterocycles. The highest BCUT2D eigenvalue weighted by Gasteiger charge is 2.46. The van der Waals surface area contributed by atoms with E-state index in [0.717, 1.165) is 23.1 Å². The molecule has 2 aliphatic heterocycles. The predicted octanol–water partition coefficient (Wildman–Crippen LogP) is 3.98. The Labute approximate surface area is 201 Å². The van der Waals surface area contributed by atoms with Gasteiger partial charge in [0.2, 0.25) is 0 Å². The van der Waals surface area contributed by atoms with Crippen LogP contribution < -0.4 is 9.47 Å². The van der Waals surface area contributed by atoms with Crippen LogP contribution in [0.15, 0.2) is 52.5 Å². The highest BCUT2D eigenvalue weighted by atomic mass is 79.9. The summed E-state index contributed by atoms with van der Waals surface area (Å²) < 4.78 is 12.0. The van der Waals surface area contributed by atoms with Gasteiger partial charge in [-0.25, -0.2) is 0 Å². The molecule has 1 atom stereocenters. The standard InChI is InChI=1S/C25H27BrN2O5/c1-3-27(4-2)10-11-28-22(16-6-5-7-18(26)14-16)21(24(30)25(28)31)23(29)17-8-9-19-20(15-17)33-13-12-32-19/h5-9,14-15,22,29H,3-4,10-13H2,1-2H3. The van der Waals surface area contributed by atoms with Gasteiger partial charge in [0.1, 0.15) is 19.0 Å². The number of likely N-dealkylation sites (N-methyl/N-ethyl adjacent to an activating group) is 1. The van der Waals surface area contributed by atoms with Crippen LogP contribution in [-0.2, 0) is 9.59 Å². The van der Waals surface area contributed by atoms with Crippen LogP contribution in [0.3, 0.4) is 0 Å². The fourth-order valence-electron chi connectivity index (χ4n) is 4.27. The van der Waals surface area contributed by atoms with Crippen molar-refractivity contribution in [1.82, 2.24) is 9.80 Å². The first-order valence-electron chi connectivity index (χ1n) is 11.1. The van der Waals surface area contributed by atoms with E-state index < -0.39 is 17.7 Å². The number of aliphatic hydroxyl groups excluding tert-OH is 1. The average molecular weight is 515 g/mol. The number of rotatable bonds is 7. The minimum atomic E-state index is -0.689. The average Bonchev–Trinajstić information content (AvgIpc) is 3.09. The Morgan fingerprint density at radius 2 is 1.82 bits per heavy atom. The summed E-state index contributed by atoms with van der Waals surface area (Å²) in [6.07, 6.45) is 0. The van der Waals surface area contributed by atoms with Crippen molar-refractivity contribution in [3.8, 4) is 11.5 Å². The van der Waals surface area contributed by atoms with Gasteiger partial charge in [-0.15, -0.1) is 0 Å². The third-order valence-corrected chi connectivity index (χ3v) is 6.56. The highest BCUT2D eigenvalue weighted by Crippen LogP contribution is 2.41. The van der Waals surface area contributed by atoms with E-state index in [9.17, 15) is 14.7 Å². The first-order valence-corrected chi connectivity index (χ1v) is 11.9. The maximum Gasteiger partial charge on any atom is 0.295 e. The second-order valence-corrected chi connectivity index (χ2v) is 8.85. The van der Waals surface area contributed by atoms with Crippen molar-refractivity contribution in [2.24, 2.45) is 0 Å². The molecule has 7 nitrogen and oxygen atoms in total. The van der Waals surface area contributed by atoms with Crippen molar-refractivity contribution < 1.29 is 24.2 Å². The van der Waals surface area contributed by atoms with Crippen molar-refractivity contribution in [1.29, 1.82) is 0 Å². The Balaban J connectivity index is 1.79. The number of benzene rings is 2. The number of nitrogens with zero attached hydrogens (tertiary/aromatic N) is 2. The van der Waals surface area contributed by atoms with Crippen LogP contribution in [0.4, 0.5) is 0 Å². The summed E-state index contributed by atoms with van der Waals surface area (Å²) in [5, 5.41) is 11.3. The summed E-state index contributed by atoms with van der Waals surface area (Å²) in [5.74, 6) is -0.431. The van der Waals surface area contributed by atoms with Gasteiger partial charge in [-0.2, -0.15) is 0 Å². The molecular formula is C25H27BrN2O5. The highest BCUT2D eigenvalue weighted by molar-refractivity contribution is 9.10. The zero-order chi connectivity index (χ0) is 23.5. The van der Waals surface area contributed by atoms with Crippen LogP contribution >= 0.6 is 15.9 Å². The predicted molar refractivity (Wildman–Crippen MR) is 128 cm³/mol. The van der Waals surface area contributed by atoms with Crippen LogP contribution in [0.2, 0.25) is 0 Å². The van der Waals surface area contributed by atoms with Crippen LogP contribution in [-0.4, -0.2) is 66.0 Å². The fourth-order valence-corrected chi connectivity index (χ4v) is 4.69. The number of carbonyl (C=O) groups excluding carboxylic acids is 2. The van der Waals surface area contributed by atoms with E-state index in [-0.39, 0.29) is 11.3 Å². The minimum absolute atomic E-state index is 0.0781. The second kappa shape index (κ2) is 9.97. The van der Waals surface area contributed by atoms with E-state index in [2.05, 4.69) is 34.7 Å². The van der Waals surface area contributed by atoms with Crippen molar-refractivity contribution in [3.63, 3.8) is 0 Å². The molecule has 1 unspecified atom stereocenters. The van der Waals surface area contributed by atoms with Gasteiger partial charge in [0.15, 0.2) is 11.5 Å². The Morgan fingerprint density at radius 3 is 2.52 bits per heavy atom. The number of hydrogen-bond acceptors (Lipinski definition) is 6. The van der Waals surface area contributed by atoms with Gasteiger partial charge < -0.3 is 24.4 Å². The van der Waals surface area contributed by atoms with Gasteiger partial charge in [0.05, 0.1) is 11.6 Å². The summed E-state index contributed by atoms with van der Waals surface area (Å²) in [4.78, 5) is 30.0.